The first-order valence-corrected chi connectivity index (χ1v) is 5.98. The van der Waals surface area contributed by atoms with Crippen molar-refractivity contribution in [3.05, 3.63) is 30.2 Å². The van der Waals surface area contributed by atoms with E-state index in [0.29, 0.717) is 22.5 Å². The summed E-state index contributed by atoms with van der Waals surface area (Å²) in [4.78, 5) is 17.9. The normalized spacial score (nSPS) is 11.1. The van der Waals surface area contributed by atoms with Gasteiger partial charge in [0.2, 0.25) is 0 Å². The molecule has 3 rings (SSSR count). The second-order valence-electron chi connectivity index (χ2n) is 4.44. The second kappa shape index (κ2) is 4.34. The van der Waals surface area contributed by atoms with Crippen molar-refractivity contribution in [1.82, 2.24) is 24.5 Å². The summed E-state index contributed by atoms with van der Waals surface area (Å²) in [5.74, 6) is 0.680. The highest BCUT2D eigenvalue weighted by atomic mass is 16.2. The molecule has 0 unspecified atom stereocenters. The fourth-order valence-corrected chi connectivity index (χ4v) is 2.11. The lowest BCUT2D eigenvalue weighted by Crippen LogP contribution is -2.20. The Morgan fingerprint density at radius 3 is 2.85 bits per heavy atom. The van der Waals surface area contributed by atoms with Crippen LogP contribution in [0, 0.1) is 6.92 Å². The summed E-state index contributed by atoms with van der Waals surface area (Å²) in [5, 5.41) is 7.79. The third kappa shape index (κ3) is 1.96. The van der Waals surface area contributed by atoms with Crippen LogP contribution < -0.4 is 11.5 Å². The van der Waals surface area contributed by atoms with Gasteiger partial charge in [0.05, 0.1) is 17.2 Å². The monoisotopic (exact) mass is 271 g/mol. The number of aryl methyl sites for hydroxylation is 1. The Bertz CT molecular complexity index is 801. The summed E-state index contributed by atoms with van der Waals surface area (Å²) in [7, 11) is 0. The van der Waals surface area contributed by atoms with Crippen molar-refractivity contribution in [3.63, 3.8) is 0 Å². The highest BCUT2D eigenvalue weighted by Crippen LogP contribution is 2.18. The summed E-state index contributed by atoms with van der Waals surface area (Å²) in [6.45, 7) is 1.76. The Kier molecular flexibility index (Phi) is 2.63. The molecule has 1 aromatic carbocycles. The predicted octanol–water partition coefficient (Wildman–Crippen LogP) is 0.441. The van der Waals surface area contributed by atoms with Crippen molar-refractivity contribution in [2.24, 2.45) is 0 Å². The summed E-state index contributed by atoms with van der Waals surface area (Å²) < 4.78 is 1.52. The Balaban J connectivity index is 2.01. The van der Waals surface area contributed by atoms with Crippen LogP contribution in [0.1, 0.15) is 10.6 Å². The topological polar surface area (TPSA) is 118 Å². The molecule has 0 fully saturated rings. The van der Waals surface area contributed by atoms with Crippen LogP contribution in [-0.4, -0.2) is 30.5 Å². The average molecular weight is 271 g/mol. The molecule has 0 spiro atoms. The maximum atomic E-state index is 12.4. The molecule has 0 aliphatic rings. The third-order valence-corrected chi connectivity index (χ3v) is 2.93. The largest absolute Gasteiger partial charge is 0.399 e. The number of nitrogens with two attached hydrogens (primary N) is 2. The number of imidazole rings is 1. The van der Waals surface area contributed by atoms with E-state index in [4.69, 9.17) is 11.5 Å². The molecule has 0 saturated heterocycles. The van der Waals surface area contributed by atoms with Crippen LogP contribution >= 0.6 is 0 Å². The van der Waals surface area contributed by atoms with E-state index in [-0.39, 0.29) is 18.3 Å². The van der Waals surface area contributed by atoms with Crippen molar-refractivity contribution in [2.75, 3.05) is 11.5 Å². The van der Waals surface area contributed by atoms with Crippen LogP contribution in [0.3, 0.4) is 0 Å². The molecule has 0 radical (unpaired) electrons. The summed E-state index contributed by atoms with van der Waals surface area (Å²) >= 11 is 0. The Hall–Kier alpha value is -2.90. The molecule has 20 heavy (non-hydrogen) atoms. The molecule has 0 saturated carbocycles. The van der Waals surface area contributed by atoms with Crippen LogP contribution in [0.2, 0.25) is 0 Å². The van der Waals surface area contributed by atoms with E-state index in [1.807, 2.05) is 0 Å². The number of hydrogen-bond donors (Lipinski definition) is 2. The number of fused-ring (bicyclic) bond motifs is 1. The maximum Gasteiger partial charge on any atom is 0.256 e. The first-order valence-electron chi connectivity index (χ1n) is 5.98. The molecule has 2 heterocycles. The zero-order valence-corrected chi connectivity index (χ0v) is 10.8. The molecule has 0 amide bonds. The minimum atomic E-state index is -0.189. The first kappa shape index (κ1) is 12.2. The molecule has 8 nitrogen and oxygen atoms in total. The standard InChI is InChI=1S/C12H13N7O/c1-7-16-9-4-8(13)2-3-10(9)19(7)12(20)6-18-15-5-11(14)17-18/h2-5H,6,13H2,1H3,(H2,14,17). The van der Waals surface area contributed by atoms with Crippen LogP contribution in [0.15, 0.2) is 24.4 Å². The lowest BCUT2D eigenvalue weighted by molar-refractivity contribution is 0.0883. The molecule has 2 aromatic heterocycles. The molecular weight excluding hydrogens is 258 g/mol. The zero-order valence-electron chi connectivity index (χ0n) is 10.8. The van der Waals surface area contributed by atoms with Crippen LogP contribution in [0.25, 0.3) is 11.0 Å². The van der Waals surface area contributed by atoms with E-state index in [2.05, 4.69) is 15.2 Å². The van der Waals surface area contributed by atoms with E-state index in [9.17, 15) is 4.79 Å². The zero-order chi connectivity index (χ0) is 14.3. The van der Waals surface area contributed by atoms with Gasteiger partial charge in [-0.1, -0.05) is 0 Å². The molecular formula is C12H13N7O. The van der Waals surface area contributed by atoms with Gasteiger partial charge in [-0.25, -0.2) is 4.98 Å². The highest BCUT2D eigenvalue weighted by Gasteiger charge is 2.15. The second-order valence-corrected chi connectivity index (χ2v) is 4.44. The smallest absolute Gasteiger partial charge is 0.256 e. The number of benzene rings is 1. The number of anilines is 2. The van der Waals surface area contributed by atoms with Gasteiger partial charge in [-0.2, -0.15) is 9.90 Å². The molecule has 0 bridgehead atoms. The van der Waals surface area contributed by atoms with Gasteiger partial charge in [-0.15, -0.1) is 5.10 Å². The van der Waals surface area contributed by atoms with Gasteiger partial charge >= 0.3 is 0 Å². The van der Waals surface area contributed by atoms with Gasteiger partial charge in [0, 0.05) is 5.69 Å². The fourth-order valence-electron chi connectivity index (χ4n) is 2.11. The Labute approximate surface area is 114 Å². The van der Waals surface area contributed by atoms with Crippen molar-refractivity contribution in [2.45, 2.75) is 13.5 Å². The molecule has 0 aliphatic carbocycles. The van der Waals surface area contributed by atoms with Crippen molar-refractivity contribution in [1.29, 1.82) is 0 Å². The van der Waals surface area contributed by atoms with E-state index in [1.165, 1.54) is 15.6 Å². The van der Waals surface area contributed by atoms with Crippen LogP contribution in [0.4, 0.5) is 11.5 Å². The fraction of sp³-hybridized carbons (Fsp3) is 0.167. The quantitative estimate of drug-likeness (QED) is 0.653. The van der Waals surface area contributed by atoms with Gasteiger partial charge in [0.1, 0.15) is 12.4 Å². The predicted molar refractivity (Wildman–Crippen MR) is 73.9 cm³/mol. The van der Waals surface area contributed by atoms with Crippen molar-refractivity contribution in [3.8, 4) is 0 Å². The molecule has 0 atom stereocenters. The summed E-state index contributed by atoms with van der Waals surface area (Å²) in [6, 6.07) is 5.24. The van der Waals surface area contributed by atoms with Crippen molar-refractivity contribution >= 4 is 28.4 Å². The molecule has 102 valence electrons. The first-order chi connectivity index (χ1) is 9.54. The number of nitrogens with zero attached hydrogens (tertiary/aromatic N) is 5. The Morgan fingerprint density at radius 2 is 2.15 bits per heavy atom. The lowest BCUT2D eigenvalue weighted by atomic mass is 10.3. The Morgan fingerprint density at radius 1 is 1.35 bits per heavy atom. The number of nitrogen functional groups attached to an aromatic ring is 2. The number of hydrogen-bond acceptors (Lipinski definition) is 6. The van der Waals surface area contributed by atoms with E-state index >= 15 is 0 Å². The SMILES string of the molecule is Cc1nc2cc(N)ccc2n1C(=O)Cn1ncc(N)n1. The average Bonchev–Trinajstić information content (AvgIpc) is 2.91. The third-order valence-electron chi connectivity index (χ3n) is 2.93. The molecule has 4 N–H and O–H groups in total. The van der Waals surface area contributed by atoms with Crippen LogP contribution in [0.5, 0.6) is 0 Å². The van der Waals surface area contributed by atoms with E-state index in [1.54, 1.807) is 25.1 Å². The number of aromatic nitrogens is 5. The molecule has 3 aromatic rings. The van der Waals surface area contributed by atoms with Gasteiger partial charge in [-0.3, -0.25) is 9.36 Å². The summed E-state index contributed by atoms with van der Waals surface area (Å²) in [6.07, 6.45) is 1.40. The van der Waals surface area contributed by atoms with Crippen molar-refractivity contribution < 1.29 is 4.79 Å². The highest BCUT2D eigenvalue weighted by molar-refractivity contribution is 5.92. The molecule has 8 heteroatoms. The minimum Gasteiger partial charge on any atom is -0.399 e. The minimum absolute atomic E-state index is 0.00607. The number of carbonyl (C=O) groups is 1. The lowest BCUT2D eigenvalue weighted by Gasteiger charge is -2.05. The van der Waals surface area contributed by atoms with Crippen LogP contribution in [-0.2, 0) is 6.54 Å². The van der Waals surface area contributed by atoms with E-state index < -0.39 is 0 Å². The molecule has 0 aliphatic heterocycles. The van der Waals surface area contributed by atoms with Gasteiger partial charge in [0.25, 0.3) is 5.91 Å². The number of carbonyl (C=O) groups excluding carboxylic acids is 1. The van der Waals surface area contributed by atoms with E-state index in [0.717, 1.165) is 0 Å². The van der Waals surface area contributed by atoms with Gasteiger partial charge < -0.3 is 11.5 Å². The van der Waals surface area contributed by atoms with Gasteiger partial charge in [-0.05, 0) is 25.1 Å². The number of rotatable bonds is 2. The summed E-state index contributed by atoms with van der Waals surface area (Å²) in [5.41, 5.74) is 13.2. The maximum absolute atomic E-state index is 12.4. The van der Waals surface area contributed by atoms with Gasteiger partial charge in [0.15, 0.2) is 5.82 Å².